The van der Waals surface area contributed by atoms with E-state index in [0.717, 1.165) is 31.1 Å². The molecule has 1 heterocycles. The highest BCUT2D eigenvalue weighted by Gasteiger charge is 2.19. The Morgan fingerprint density at radius 2 is 2.06 bits per heavy atom. The molecule has 0 radical (unpaired) electrons. The number of likely N-dealkylation sites (N-methyl/N-ethyl adjacent to an activating group) is 1. The van der Waals surface area contributed by atoms with Gasteiger partial charge in [-0.3, -0.25) is 4.90 Å². The highest BCUT2D eigenvalue weighted by molar-refractivity contribution is 5.65. The van der Waals surface area contributed by atoms with Gasteiger partial charge in [0.2, 0.25) is 0 Å². The third-order valence-corrected chi connectivity index (χ3v) is 2.94. The van der Waals surface area contributed by atoms with E-state index in [1.165, 1.54) is 0 Å². The van der Waals surface area contributed by atoms with Crippen LogP contribution in [-0.4, -0.2) is 42.9 Å². The van der Waals surface area contributed by atoms with E-state index in [0.29, 0.717) is 11.8 Å². The fraction of sp³-hybridized carbons (Fsp3) is 0.538. The van der Waals surface area contributed by atoms with E-state index in [9.17, 15) is 5.11 Å². The van der Waals surface area contributed by atoms with Crippen LogP contribution < -0.4 is 10.2 Å². The average Bonchev–Trinajstić information content (AvgIpc) is 2.64. The zero-order chi connectivity index (χ0) is 12.4. The molecule has 94 valence electrons. The van der Waals surface area contributed by atoms with Crippen LogP contribution in [0.1, 0.15) is 13.8 Å². The highest BCUT2D eigenvalue weighted by Crippen LogP contribution is 2.31. The maximum atomic E-state index is 10.1. The smallest absolute Gasteiger partial charge is 0.140 e. The van der Waals surface area contributed by atoms with Crippen molar-refractivity contribution in [3.05, 3.63) is 18.2 Å². The number of phenolic OH excluding ortho intramolecular Hbond substituents is 1. The Balaban J connectivity index is 2.14. The molecule has 4 nitrogen and oxygen atoms in total. The van der Waals surface area contributed by atoms with Gasteiger partial charge in [0.25, 0.3) is 0 Å². The molecule has 0 atom stereocenters. The summed E-state index contributed by atoms with van der Waals surface area (Å²) in [6.45, 7) is 7.07. The highest BCUT2D eigenvalue weighted by atomic mass is 16.3. The van der Waals surface area contributed by atoms with Crippen LogP contribution in [0.5, 0.6) is 5.75 Å². The van der Waals surface area contributed by atoms with Crippen LogP contribution in [-0.2, 0) is 0 Å². The topological polar surface area (TPSA) is 38.7 Å². The van der Waals surface area contributed by atoms with Gasteiger partial charge in [-0.1, -0.05) is 0 Å². The van der Waals surface area contributed by atoms with Gasteiger partial charge in [0, 0.05) is 30.9 Å². The standard InChI is InChI=1S/C13H21N3O/c1-10(2)14-11-4-5-12(13(17)8-11)16-7-6-15(3)9-16/h4-5,8,10,14,17H,6-7,9H2,1-3H3. The van der Waals surface area contributed by atoms with Crippen LogP contribution in [0, 0.1) is 0 Å². The van der Waals surface area contributed by atoms with E-state index in [-0.39, 0.29) is 0 Å². The van der Waals surface area contributed by atoms with Crippen molar-refractivity contribution < 1.29 is 5.11 Å². The quantitative estimate of drug-likeness (QED) is 0.839. The van der Waals surface area contributed by atoms with Crippen LogP contribution in [0.25, 0.3) is 0 Å². The minimum Gasteiger partial charge on any atom is -0.506 e. The molecule has 0 spiro atoms. The summed E-state index contributed by atoms with van der Waals surface area (Å²) >= 11 is 0. The maximum absolute atomic E-state index is 10.1. The molecule has 1 saturated heterocycles. The van der Waals surface area contributed by atoms with Crippen molar-refractivity contribution in [2.24, 2.45) is 0 Å². The Labute approximate surface area is 103 Å². The fourth-order valence-corrected chi connectivity index (χ4v) is 2.13. The number of nitrogens with one attached hydrogen (secondary N) is 1. The second-order valence-electron chi connectivity index (χ2n) is 4.99. The molecule has 4 heteroatoms. The van der Waals surface area contributed by atoms with Gasteiger partial charge in [0.05, 0.1) is 12.4 Å². The van der Waals surface area contributed by atoms with Crippen LogP contribution >= 0.6 is 0 Å². The SMILES string of the molecule is CC(C)Nc1ccc(N2CCN(C)C2)c(O)c1. The molecule has 0 aliphatic carbocycles. The molecule has 0 unspecified atom stereocenters. The summed E-state index contributed by atoms with van der Waals surface area (Å²) in [5.41, 5.74) is 1.89. The Morgan fingerprint density at radius 1 is 1.29 bits per heavy atom. The predicted molar refractivity (Wildman–Crippen MR) is 71.7 cm³/mol. The molecule has 0 bridgehead atoms. The van der Waals surface area contributed by atoms with Crippen LogP contribution in [0.4, 0.5) is 11.4 Å². The molecular weight excluding hydrogens is 214 g/mol. The lowest BCUT2D eigenvalue weighted by Gasteiger charge is -2.20. The molecule has 2 N–H and O–H groups in total. The van der Waals surface area contributed by atoms with E-state index >= 15 is 0 Å². The number of rotatable bonds is 3. The number of anilines is 2. The molecule has 0 amide bonds. The van der Waals surface area contributed by atoms with Gasteiger partial charge in [-0.2, -0.15) is 0 Å². The van der Waals surface area contributed by atoms with Crippen molar-refractivity contribution >= 4 is 11.4 Å². The summed E-state index contributed by atoms with van der Waals surface area (Å²) in [6, 6.07) is 6.18. The van der Waals surface area contributed by atoms with E-state index in [1.807, 2.05) is 12.1 Å². The van der Waals surface area contributed by atoms with Crippen molar-refractivity contribution in [3.8, 4) is 5.75 Å². The minimum absolute atomic E-state index is 0.353. The third kappa shape index (κ3) is 2.82. The monoisotopic (exact) mass is 235 g/mol. The van der Waals surface area contributed by atoms with Crippen molar-refractivity contribution in [2.75, 3.05) is 37.0 Å². The van der Waals surface area contributed by atoms with Crippen molar-refractivity contribution in [1.29, 1.82) is 0 Å². The number of phenols is 1. The van der Waals surface area contributed by atoms with Crippen molar-refractivity contribution in [1.82, 2.24) is 4.90 Å². The van der Waals surface area contributed by atoms with Gasteiger partial charge in [-0.15, -0.1) is 0 Å². The normalized spacial score (nSPS) is 16.8. The lowest BCUT2D eigenvalue weighted by atomic mass is 10.2. The molecule has 1 aromatic carbocycles. The van der Waals surface area contributed by atoms with Crippen molar-refractivity contribution in [3.63, 3.8) is 0 Å². The first-order chi connectivity index (χ1) is 8.06. The average molecular weight is 235 g/mol. The largest absolute Gasteiger partial charge is 0.506 e. The molecule has 1 fully saturated rings. The van der Waals surface area contributed by atoms with E-state index in [1.54, 1.807) is 6.07 Å². The number of hydrogen-bond acceptors (Lipinski definition) is 4. The van der Waals surface area contributed by atoms with Gasteiger partial charge in [0.15, 0.2) is 0 Å². The summed E-state index contributed by atoms with van der Waals surface area (Å²) in [7, 11) is 2.09. The van der Waals surface area contributed by atoms with E-state index < -0.39 is 0 Å². The summed E-state index contributed by atoms with van der Waals surface area (Å²) in [5.74, 6) is 0.353. The first-order valence-corrected chi connectivity index (χ1v) is 6.09. The predicted octanol–water partition coefficient (Wildman–Crippen LogP) is 1.92. The molecule has 0 saturated carbocycles. The maximum Gasteiger partial charge on any atom is 0.140 e. The Morgan fingerprint density at radius 3 is 2.59 bits per heavy atom. The van der Waals surface area contributed by atoms with Gasteiger partial charge < -0.3 is 15.3 Å². The molecule has 0 aromatic heterocycles. The number of hydrogen-bond donors (Lipinski definition) is 2. The van der Waals surface area contributed by atoms with Crippen molar-refractivity contribution in [2.45, 2.75) is 19.9 Å². The van der Waals surface area contributed by atoms with Gasteiger partial charge in [-0.05, 0) is 33.0 Å². The zero-order valence-corrected chi connectivity index (χ0v) is 10.8. The Kier molecular flexibility index (Phi) is 3.43. The third-order valence-electron chi connectivity index (χ3n) is 2.94. The second-order valence-corrected chi connectivity index (χ2v) is 4.99. The zero-order valence-electron chi connectivity index (χ0n) is 10.8. The molecular formula is C13H21N3O. The molecule has 1 aromatic rings. The lowest BCUT2D eigenvalue weighted by Crippen LogP contribution is -2.22. The van der Waals surface area contributed by atoms with Gasteiger partial charge >= 0.3 is 0 Å². The fourth-order valence-electron chi connectivity index (χ4n) is 2.13. The molecule has 1 aliphatic rings. The van der Waals surface area contributed by atoms with Crippen LogP contribution in [0.15, 0.2) is 18.2 Å². The molecule has 2 rings (SSSR count). The Hall–Kier alpha value is -1.42. The minimum atomic E-state index is 0.353. The summed E-state index contributed by atoms with van der Waals surface area (Å²) in [6.07, 6.45) is 0. The summed E-state index contributed by atoms with van der Waals surface area (Å²) in [5, 5.41) is 13.3. The first kappa shape index (κ1) is 12.0. The van der Waals surface area contributed by atoms with Crippen LogP contribution in [0.2, 0.25) is 0 Å². The lowest BCUT2D eigenvalue weighted by molar-refractivity contribution is 0.419. The number of aromatic hydroxyl groups is 1. The first-order valence-electron chi connectivity index (χ1n) is 6.09. The number of nitrogens with zero attached hydrogens (tertiary/aromatic N) is 2. The Bertz CT molecular complexity index is 392. The number of benzene rings is 1. The van der Waals surface area contributed by atoms with Gasteiger partial charge in [-0.25, -0.2) is 0 Å². The van der Waals surface area contributed by atoms with Crippen LogP contribution in [0.3, 0.4) is 0 Å². The van der Waals surface area contributed by atoms with E-state index in [2.05, 4.69) is 36.0 Å². The molecule has 17 heavy (non-hydrogen) atoms. The summed E-state index contributed by atoms with van der Waals surface area (Å²) in [4.78, 5) is 4.42. The molecule has 1 aliphatic heterocycles. The second kappa shape index (κ2) is 4.84. The van der Waals surface area contributed by atoms with E-state index in [4.69, 9.17) is 0 Å². The van der Waals surface area contributed by atoms with Gasteiger partial charge in [0.1, 0.15) is 5.75 Å². The summed E-state index contributed by atoms with van der Waals surface area (Å²) < 4.78 is 0.